The Morgan fingerprint density at radius 1 is 1.03 bits per heavy atom. The Kier molecular flexibility index (Phi) is 5.37. The minimum absolute atomic E-state index is 0.103. The second-order valence-electron chi connectivity index (χ2n) is 7.11. The fraction of sp³-hybridized carbons (Fsp3) is 0.182. The van der Waals surface area contributed by atoms with Gasteiger partial charge < -0.3 is 5.32 Å². The van der Waals surface area contributed by atoms with Gasteiger partial charge in [-0.2, -0.15) is 5.10 Å². The molecule has 8 heteroatoms. The Balaban J connectivity index is 1.51. The van der Waals surface area contributed by atoms with Gasteiger partial charge in [-0.15, -0.1) is 5.10 Å². The highest BCUT2D eigenvalue weighted by molar-refractivity contribution is 6.30. The van der Waals surface area contributed by atoms with Crippen LogP contribution < -0.4 is 5.32 Å². The number of carbonyl (C=O) groups excluding carboxylic acids is 1. The molecule has 2 heterocycles. The quantitative estimate of drug-likeness (QED) is 0.521. The molecule has 0 unspecified atom stereocenters. The normalized spacial score (nSPS) is 10.9. The average molecular weight is 421 g/mol. The van der Waals surface area contributed by atoms with E-state index in [0.717, 1.165) is 22.6 Å². The molecule has 0 bridgehead atoms. The van der Waals surface area contributed by atoms with Gasteiger partial charge in [-0.3, -0.25) is 9.48 Å². The number of nitrogens with one attached hydrogen (secondary N) is 1. The number of benzene rings is 2. The van der Waals surface area contributed by atoms with Crippen LogP contribution in [0.15, 0.2) is 54.6 Å². The van der Waals surface area contributed by atoms with Crippen LogP contribution in [0, 0.1) is 20.8 Å². The van der Waals surface area contributed by atoms with Crippen LogP contribution in [0.1, 0.15) is 33.4 Å². The summed E-state index contributed by atoms with van der Waals surface area (Å²) >= 11 is 5.94. The van der Waals surface area contributed by atoms with Crippen molar-refractivity contribution >= 4 is 23.2 Å². The number of hydrogen-bond donors (Lipinski definition) is 1. The zero-order valence-electron chi connectivity index (χ0n) is 16.9. The fourth-order valence-electron chi connectivity index (χ4n) is 3.26. The molecule has 2 aromatic carbocycles. The van der Waals surface area contributed by atoms with E-state index in [4.69, 9.17) is 11.6 Å². The van der Waals surface area contributed by atoms with Crippen LogP contribution in [0.5, 0.6) is 0 Å². The standard InChI is InChI=1S/C22H21ClN6O/c1-14-11-15(2)28(26-14)13-17-5-4-6-19(12-17)25-22(30)21-24-16(3)29(27-21)20-9-7-18(23)8-10-20/h4-12H,13H2,1-3H3,(H,25,30). The van der Waals surface area contributed by atoms with E-state index < -0.39 is 0 Å². The summed E-state index contributed by atoms with van der Waals surface area (Å²) in [5, 5.41) is 12.3. The fourth-order valence-corrected chi connectivity index (χ4v) is 3.38. The molecule has 0 fully saturated rings. The van der Waals surface area contributed by atoms with Crippen molar-refractivity contribution in [3.05, 3.63) is 88.2 Å². The van der Waals surface area contributed by atoms with Crippen LogP contribution in [0.4, 0.5) is 5.69 Å². The van der Waals surface area contributed by atoms with E-state index in [9.17, 15) is 4.79 Å². The highest BCUT2D eigenvalue weighted by atomic mass is 35.5. The number of rotatable bonds is 5. The van der Waals surface area contributed by atoms with E-state index in [1.54, 1.807) is 23.7 Å². The van der Waals surface area contributed by atoms with Crippen molar-refractivity contribution in [1.82, 2.24) is 24.5 Å². The van der Waals surface area contributed by atoms with Crippen LogP contribution in [-0.2, 0) is 6.54 Å². The SMILES string of the molecule is Cc1cc(C)n(Cc2cccc(NC(=O)c3nc(C)n(-c4ccc(Cl)cc4)n3)c2)n1. The lowest BCUT2D eigenvalue weighted by molar-refractivity contribution is 0.101. The van der Waals surface area contributed by atoms with Crippen molar-refractivity contribution in [2.24, 2.45) is 0 Å². The van der Waals surface area contributed by atoms with Crippen molar-refractivity contribution in [2.75, 3.05) is 5.32 Å². The van der Waals surface area contributed by atoms with Gasteiger partial charge in [0.15, 0.2) is 0 Å². The van der Waals surface area contributed by atoms with Gasteiger partial charge in [-0.25, -0.2) is 9.67 Å². The van der Waals surface area contributed by atoms with E-state index in [0.29, 0.717) is 23.1 Å². The van der Waals surface area contributed by atoms with Gasteiger partial charge in [0, 0.05) is 16.4 Å². The third kappa shape index (κ3) is 4.26. The molecule has 4 aromatic rings. The summed E-state index contributed by atoms with van der Waals surface area (Å²) in [4.78, 5) is 17.0. The molecule has 30 heavy (non-hydrogen) atoms. The van der Waals surface area contributed by atoms with Crippen LogP contribution in [0.2, 0.25) is 5.02 Å². The molecule has 0 aliphatic rings. The summed E-state index contributed by atoms with van der Waals surface area (Å²) in [6, 6.07) is 16.9. The largest absolute Gasteiger partial charge is 0.319 e. The summed E-state index contributed by atoms with van der Waals surface area (Å²) in [7, 11) is 0. The number of halogens is 1. The van der Waals surface area contributed by atoms with Crippen molar-refractivity contribution < 1.29 is 4.79 Å². The minimum atomic E-state index is -0.367. The molecule has 0 saturated heterocycles. The smallest absolute Gasteiger partial charge is 0.295 e. The summed E-state index contributed by atoms with van der Waals surface area (Å²) < 4.78 is 3.56. The Morgan fingerprint density at radius 2 is 1.80 bits per heavy atom. The number of aromatic nitrogens is 5. The maximum Gasteiger partial charge on any atom is 0.295 e. The van der Waals surface area contributed by atoms with E-state index >= 15 is 0 Å². The molecule has 1 amide bonds. The molecule has 0 saturated carbocycles. The Bertz CT molecular complexity index is 1210. The first-order chi connectivity index (χ1) is 14.4. The van der Waals surface area contributed by atoms with Gasteiger partial charge in [0.25, 0.3) is 5.91 Å². The van der Waals surface area contributed by atoms with E-state index in [1.807, 2.05) is 61.0 Å². The second-order valence-corrected chi connectivity index (χ2v) is 7.55. The lowest BCUT2D eigenvalue weighted by Gasteiger charge is -2.08. The van der Waals surface area contributed by atoms with Gasteiger partial charge in [-0.1, -0.05) is 23.7 Å². The number of nitrogens with zero attached hydrogens (tertiary/aromatic N) is 5. The molecule has 7 nitrogen and oxygen atoms in total. The molecular formula is C22H21ClN6O. The summed E-state index contributed by atoms with van der Waals surface area (Å²) in [6.07, 6.45) is 0. The number of carbonyl (C=O) groups is 1. The van der Waals surface area contributed by atoms with E-state index in [1.165, 1.54) is 0 Å². The number of hydrogen-bond acceptors (Lipinski definition) is 4. The predicted octanol–water partition coefficient (Wildman–Crippen LogP) is 4.34. The predicted molar refractivity (Wildman–Crippen MR) is 116 cm³/mol. The van der Waals surface area contributed by atoms with Gasteiger partial charge in [0.2, 0.25) is 5.82 Å². The van der Waals surface area contributed by atoms with Gasteiger partial charge >= 0.3 is 0 Å². The van der Waals surface area contributed by atoms with E-state index in [2.05, 4.69) is 20.5 Å². The molecule has 152 valence electrons. The Morgan fingerprint density at radius 3 is 2.50 bits per heavy atom. The molecule has 0 aliphatic carbocycles. The van der Waals surface area contributed by atoms with Crippen molar-refractivity contribution in [3.63, 3.8) is 0 Å². The van der Waals surface area contributed by atoms with Crippen molar-refractivity contribution in [1.29, 1.82) is 0 Å². The van der Waals surface area contributed by atoms with Gasteiger partial charge in [-0.05, 0) is 68.8 Å². The summed E-state index contributed by atoms with van der Waals surface area (Å²) in [5.74, 6) is 0.348. The first kappa shape index (κ1) is 19.8. The molecule has 0 radical (unpaired) electrons. The maximum absolute atomic E-state index is 12.7. The number of aryl methyl sites for hydroxylation is 3. The zero-order chi connectivity index (χ0) is 21.3. The first-order valence-electron chi connectivity index (χ1n) is 9.50. The number of amides is 1. The van der Waals surface area contributed by atoms with E-state index in [-0.39, 0.29) is 11.7 Å². The van der Waals surface area contributed by atoms with Crippen molar-refractivity contribution in [2.45, 2.75) is 27.3 Å². The molecular weight excluding hydrogens is 400 g/mol. The Labute approximate surface area is 179 Å². The molecule has 0 atom stereocenters. The van der Waals surface area contributed by atoms with Crippen molar-refractivity contribution in [3.8, 4) is 5.69 Å². The average Bonchev–Trinajstić information content (AvgIpc) is 3.24. The lowest BCUT2D eigenvalue weighted by Crippen LogP contribution is -2.14. The molecule has 1 N–H and O–H groups in total. The lowest BCUT2D eigenvalue weighted by atomic mass is 10.2. The molecule has 4 rings (SSSR count). The van der Waals surface area contributed by atoms with Gasteiger partial charge in [0.05, 0.1) is 17.9 Å². The summed E-state index contributed by atoms with van der Waals surface area (Å²) in [5.41, 5.74) is 4.58. The Hall–Kier alpha value is -3.45. The van der Waals surface area contributed by atoms with Gasteiger partial charge in [0.1, 0.15) is 5.82 Å². The second kappa shape index (κ2) is 8.12. The van der Waals surface area contributed by atoms with Crippen LogP contribution in [0.25, 0.3) is 5.69 Å². The highest BCUT2D eigenvalue weighted by Crippen LogP contribution is 2.16. The third-order valence-electron chi connectivity index (χ3n) is 4.66. The minimum Gasteiger partial charge on any atom is -0.319 e. The molecule has 2 aromatic heterocycles. The zero-order valence-corrected chi connectivity index (χ0v) is 17.7. The monoisotopic (exact) mass is 420 g/mol. The summed E-state index contributed by atoms with van der Waals surface area (Å²) in [6.45, 7) is 6.42. The maximum atomic E-state index is 12.7. The highest BCUT2D eigenvalue weighted by Gasteiger charge is 2.16. The third-order valence-corrected chi connectivity index (χ3v) is 4.92. The topological polar surface area (TPSA) is 77.6 Å². The number of anilines is 1. The first-order valence-corrected chi connectivity index (χ1v) is 9.88. The molecule has 0 spiro atoms. The molecule has 0 aliphatic heterocycles. The van der Waals surface area contributed by atoms with Crippen LogP contribution >= 0.6 is 11.6 Å². The van der Waals surface area contributed by atoms with Crippen LogP contribution in [-0.4, -0.2) is 30.5 Å². The van der Waals surface area contributed by atoms with Crippen LogP contribution in [0.3, 0.4) is 0 Å².